The number of Topliss-reactive ketones (excluding diaryl/α,β-unsaturated/α-hetero) is 2. The Kier molecular flexibility index (Phi) is 2.72. The summed E-state index contributed by atoms with van der Waals surface area (Å²) in [5.41, 5.74) is 0. The van der Waals surface area contributed by atoms with Crippen LogP contribution < -0.4 is 0 Å². The molecule has 108 valence electrons. The van der Waals surface area contributed by atoms with Gasteiger partial charge in [-0.05, 0) is 30.1 Å². The molecule has 7 unspecified atom stereocenters. The summed E-state index contributed by atoms with van der Waals surface area (Å²) in [4.78, 5) is 24.7. The number of hydrogen-bond acceptors (Lipinski definition) is 3. The highest BCUT2D eigenvalue weighted by molar-refractivity contribution is 5.98. The highest BCUT2D eigenvalue weighted by Gasteiger charge is 2.68. The third-order valence-electron chi connectivity index (χ3n) is 5.88. The predicted octanol–water partition coefficient (Wildman–Crippen LogP) is 2.11. The van der Waals surface area contributed by atoms with Gasteiger partial charge < -0.3 is 4.74 Å². The van der Waals surface area contributed by atoms with Crippen molar-refractivity contribution in [3.05, 3.63) is 12.2 Å². The summed E-state index contributed by atoms with van der Waals surface area (Å²) < 4.78 is 5.78. The first-order valence-corrected chi connectivity index (χ1v) is 7.93. The van der Waals surface area contributed by atoms with Gasteiger partial charge in [-0.3, -0.25) is 9.59 Å². The van der Waals surface area contributed by atoms with Crippen molar-refractivity contribution < 1.29 is 14.3 Å². The molecule has 4 aliphatic carbocycles. The van der Waals surface area contributed by atoms with E-state index in [9.17, 15) is 9.59 Å². The Morgan fingerprint density at radius 2 is 1.85 bits per heavy atom. The molecule has 0 aliphatic heterocycles. The van der Waals surface area contributed by atoms with Gasteiger partial charge in [0.05, 0.1) is 6.61 Å². The smallest absolute Gasteiger partial charge is 0.147 e. The molecule has 3 fully saturated rings. The van der Waals surface area contributed by atoms with Crippen LogP contribution in [0.5, 0.6) is 0 Å². The lowest BCUT2D eigenvalue weighted by molar-refractivity contribution is -0.125. The van der Waals surface area contributed by atoms with Crippen molar-refractivity contribution >= 4 is 11.6 Å². The van der Waals surface area contributed by atoms with E-state index in [1.807, 2.05) is 0 Å². The third-order valence-corrected chi connectivity index (χ3v) is 5.88. The number of allylic oxidation sites excluding steroid dienone is 2. The van der Waals surface area contributed by atoms with Crippen LogP contribution in [0.3, 0.4) is 0 Å². The molecule has 0 N–H and O–H groups in total. The highest BCUT2D eigenvalue weighted by Crippen LogP contribution is 2.64. The fraction of sp³-hybridized carbons (Fsp3) is 0.765. The molecular formula is C17H22O3. The fourth-order valence-corrected chi connectivity index (χ4v) is 5.29. The summed E-state index contributed by atoms with van der Waals surface area (Å²) in [7, 11) is 0. The SMILES string of the molecule is CC(C)COCC1CC2C(=O)C1C1C3C=CC(C3=O)C21. The van der Waals surface area contributed by atoms with Crippen LogP contribution in [-0.2, 0) is 14.3 Å². The molecule has 3 heteroatoms. The quantitative estimate of drug-likeness (QED) is 0.582. The summed E-state index contributed by atoms with van der Waals surface area (Å²) in [6, 6.07) is 0. The largest absolute Gasteiger partial charge is 0.381 e. The first kappa shape index (κ1) is 12.8. The minimum atomic E-state index is 0.0387. The van der Waals surface area contributed by atoms with Gasteiger partial charge in [0.25, 0.3) is 0 Å². The van der Waals surface area contributed by atoms with Crippen molar-refractivity contribution in [1.82, 2.24) is 0 Å². The van der Waals surface area contributed by atoms with Crippen LogP contribution in [0.2, 0.25) is 0 Å². The molecule has 0 aromatic rings. The number of carbonyl (C=O) groups excluding carboxylic acids is 2. The van der Waals surface area contributed by atoms with Gasteiger partial charge in [-0.1, -0.05) is 26.0 Å². The van der Waals surface area contributed by atoms with E-state index in [0.717, 1.165) is 13.0 Å². The van der Waals surface area contributed by atoms with Crippen LogP contribution in [-0.4, -0.2) is 24.8 Å². The average Bonchev–Trinajstić information content (AvgIpc) is 3.07. The lowest BCUT2D eigenvalue weighted by Crippen LogP contribution is -2.33. The van der Waals surface area contributed by atoms with Crippen molar-refractivity contribution in [3.63, 3.8) is 0 Å². The first-order valence-electron chi connectivity index (χ1n) is 7.93. The van der Waals surface area contributed by atoms with Crippen molar-refractivity contribution in [1.29, 1.82) is 0 Å². The molecule has 0 aromatic carbocycles. The van der Waals surface area contributed by atoms with Crippen LogP contribution in [0, 0.1) is 47.3 Å². The van der Waals surface area contributed by atoms with Crippen LogP contribution in [0.4, 0.5) is 0 Å². The van der Waals surface area contributed by atoms with Gasteiger partial charge in [-0.25, -0.2) is 0 Å². The summed E-state index contributed by atoms with van der Waals surface area (Å²) in [6.45, 7) is 5.74. The van der Waals surface area contributed by atoms with Gasteiger partial charge in [0.2, 0.25) is 0 Å². The van der Waals surface area contributed by atoms with E-state index in [1.54, 1.807) is 0 Å². The maximum absolute atomic E-state index is 12.5. The Morgan fingerprint density at radius 3 is 2.55 bits per heavy atom. The summed E-state index contributed by atoms with van der Waals surface area (Å²) in [5, 5.41) is 0. The summed E-state index contributed by atoms with van der Waals surface area (Å²) in [5.74, 6) is 2.67. The summed E-state index contributed by atoms with van der Waals surface area (Å²) in [6.07, 6.45) is 5.08. The van der Waals surface area contributed by atoms with Gasteiger partial charge >= 0.3 is 0 Å². The van der Waals surface area contributed by atoms with Gasteiger partial charge in [-0.15, -0.1) is 0 Å². The van der Waals surface area contributed by atoms with Crippen LogP contribution in [0.1, 0.15) is 20.3 Å². The van der Waals surface area contributed by atoms with Crippen molar-refractivity contribution in [2.24, 2.45) is 47.3 Å². The van der Waals surface area contributed by atoms with Gasteiger partial charge in [0, 0.05) is 30.3 Å². The molecule has 0 spiro atoms. The zero-order chi connectivity index (χ0) is 14.0. The standard InChI is InChI=1S/C17H22O3/c1-8(2)6-20-7-9-5-12-14-10-3-4-11(16(10)18)15(14)13(9)17(12)19/h3-4,8-15H,5-7H2,1-2H3. The number of carbonyl (C=O) groups is 2. The van der Waals surface area contributed by atoms with E-state index in [4.69, 9.17) is 4.74 Å². The molecule has 20 heavy (non-hydrogen) atoms. The first-order chi connectivity index (χ1) is 9.59. The van der Waals surface area contributed by atoms with Crippen molar-refractivity contribution in [2.75, 3.05) is 13.2 Å². The second-order valence-electron chi connectivity index (χ2n) is 7.46. The fourth-order valence-electron chi connectivity index (χ4n) is 5.29. The van der Waals surface area contributed by atoms with Crippen LogP contribution in [0.15, 0.2) is 12.2 Å². The molecule has 4 aliphatic rings. The molecule has 4 bridgehead atoms. The summed E-state index contributed by atoms with van der Waals surface area (Å²) >= 11 is 0. The van der Waals surface area contributed by atoms with Gasteiger partial charge in [-0.2, -0.15) is 0 Å². The van der Waals surface area contributed by atoms with Gasteiger partial charge in [0.15, 0.2) is 0 Å². The Balaban J connectivity index is 1.52. The van der Waals surface area contributed by atoms with E-state index < -0.39 is 0 Å². The number of ketones is 2. The lowest BCUT2D eigenvalue weighted by Gasteiger charge is -2.34. The molecule has 3 saturated carbocycles. The molecular weight excluding hydrogens is 252 g/mol. The number of rotatable bonds is 4. The minimum Gasteiger partial charge on any atom is -0.381 e. The maximum Gasteiger partial charge on any atom is 0.147 e. The molecule has 4 rings (SSSR count). The number of ether oxygens (including phenoxy) is 1. The van der Waals surface area contributed by atoms with Crippen molar-refractivity contribution in [2.45, 2.75) is 20.3 Å². The lowest BCUT2D eigenvalue weighted by atomic mass is 9.69. The monoisotopic (exact) mass is 274 g/mol. The molecule has 0 heterocycles. The zero-order valence-electron chi connectivity index (χ0n) is 12.1. The zero-order valence-corrected chi connectivity index (χ0v) is 12.1. The topological polar surface area (TPSA) is 43.4 Å². The predicted molar refractivity (Wildman–Crippen MR) is 73.9 cm³/mol. The van der Waals surface area contributed by atoms with Gasteiger partial charge in [0.1, 0.15) is 11.6 Å². The van der Waals surface area contributed by atoms with Crippen LogP contribution in [0.25, 0.3) is 0 Å². The molecule has 0 aromatic heterocycles. The average molecular weight is 274 g/mol. The third kappa shape index (κ3) is 1.50. The molecule has 0 radical (unpaired) electrons. The number of hydrogen-bond donors (Lipinski definition) is 0. The minimum absolute atomic E-state index is 0.0387. The van der Waals surface area contributed by atoms with Crippen molar-refractivity contribution in [3.8, 4) is 0 Å². The van der Waals surface area contributed by atoms with E-state index >= 15 is 0 Å². The normalized spacial score (nSPS) is 47.9. The molecule has 7 atom stereocenters. The Labute approximate surface area is 119 Å². The van der Waals surface area contributed by atoms with E-state index in [0.29, 0.717) is 41.8 Å². The molecule has 3 nitrogen and oxygen atoms in total. The van der Waals surface area contributed by atoms with E-state index in [2.05, 4.69) is 26.0 Å². The highest BCUT2D eigenvalue weighted by atomic mass is 16.5. The number of fused-ring (bicyclic) bond motifs is 9. The maximum atomic E-state index is 12.5. The van der Waals surface area contributed by atoms with Crippen LogP contribution >= 0.6 is 0 Å². The Bertz CT molecular complexity index is 492. The Morgan fingerprint density at radius 1 is 1.15 bits per heavy atom. The second-order valence-corrected chi connectivity index (χ2v) is 7.46. The van der Waals surface area contributed by atoms with E-state index in [-0.39, 0.29) is 23.7 Å². The molecule has 0 amide bonds. The van der Waals surface area contributed by atoms with E-state index in [1.165, 1.54) is 0 Å². The second kappa shape index (κ2) is 4.27. The molecule has 0 saturated heterocycles. The Hall–Kier alpha value is -0.960.